The van der Waals surface area contributed by atoms with E-state index in [0.717, 1.165) is 0 Å². The summed E-state index contributed by atoms with van der Waals surface area (Å²) in [6.45, 7) is 4.89. The standard InChI is InChI=1S/C23H25Cl2N3O5S/c1-14(2)26-22(30)15(3)27(13-16-8-9-18(24)19(25)12-16)21(29)10-11-28-23(31)17-6-4-5-7-20(17)34(28,32)33/h4-9,12,14-15H,10-11,13H2,1-3H3,(H,26,30). The Morgan fingerprint density at radius 1 is 1.06 bits per heavy atom. The lowest BCUT2D eigenvalue weighted by atomic mass is 10.1. The van der Waals surface area contributed by atoms with Gasteiger partial charge in [-0.25, -0.2) is 12.7 Å². The molecule has 3 amide bonds. The fourth-order valence-corrected chi connectivity index (χ4v) is 5.51. The van der Waals surface area contributed by atoms with Crippen molar-refractivity contribution in [1.29, 1.82) is 0 Å². The Balaban J connectivity index is 1.81. The van der Waals surface area contributed by atoms with Crippen molar-refractivity contribution in [3.63, 3.8) is 0 Å². The van der Waals surface area contributed by atoms with Crippen molar-refractivity contribution >= 4 is 50.9 Å². The van der Waals surface area contributed by atoms with Gasteiger partial charge in [0.1, 0.15) is 10.9 Å². The molecule has 2 aromatic rings. The molecule has 0 aliphatic carbocycles. The van der Waals surface area contributed by atoms with Crippen LogP contribution < -0.4 is 5.32 Å². The molecule has 1 aliphatic heterocycles. The number of fused-ring (bicyclic) bond motifs is 1. The van der Waals surface area contributed by atoms with Gasteiger partial charge in [-0.15, -0.1) is 0 Å². The summed E-state index contributed by atoms with van der Waals surface area (Å²) in [4.78, 5) is 39.8. The monoisotopic (exact) mass is 525 g/mol. The molecule has 8 nitrogen and oxygen atoms in total. The van der Waals surface area contributed by atoms with E-state index in [-0.39, 0.29) is 41.9 Å². The van der Waals surface area contributed by atoms with E-state index in [1.54, 1.807) is 45.0 Å². The number of hydrogen-bond donors (Lipinski definition) is 1. The van der Waals surface area contributed by atoms with Crippen LogP contribution in [0.25, 0.3) is 0 Å². The third-order valence-corrected chi connectivity index (χ3v) is 7.96. The predicted octanol–water partition coefficient (Wildman–Crippen LogP) is 3.47. The van der Waals surface area contributed by atoms with Crippen LogP contribution in [0.3, 0.4) is 0 Å². The molecule has 0 fully saturated rings. The maximum absolute atomic E-state index is 13.2. The summed E-state index contributed by atoms with van der Waals surface area (Å²) in [5, 5.41) is 3.43. The molecule has 1 aliphatic rings. The number of nitrogens with one attached hydrogen (secondary N) is 1. The second kappa shape index (κ2) is 10.3. The Bertz CT molecular complexity index is 1230. The summed E-state index contributed by atoms with van der Waals surface area (Å²) >= 11 is 12.1. The van der Waals surface area contributed by atoms with Crippen LogP contribution in [0, 0.1) is 0 Å². The minimum absolute atomic E-state index is 0.0450. The number of nitrogens with zero attached hydrogens (tertiary/aromatic N) is 2. The lowest BCUT2D eigenvalue weighted by molar-refractivity contribution is -0.140. The van der Waals surface area contributed by atoms with Gasteiger partial charge in [0.25, 0.3) is 15.9 Å². The molecule has 1 N–H and O–H groups in total. The van der Waals surface area contributed by atoms with E-state index in [1.165, 1.54) is 23.1 Å². The Labute approximate surface area is 208 Å². The van der Waals surface area contributed by atoms with Crippen molar-refractivity contribution in [2.75, 3.05) is 6.54 Å². The fourth-order valence-electron chi connectivity index (χ4n) is 3.62. The van der Waals surface area contributed by atoms with Crippen LogP contribution in [0.1, 0.15) is 43.1 Å². The van der Waals surface area contributed by atoms with Crippen molar-refractivity contribution < 1.29 is 22.8 Å². The van der Waals surface area contributed by atoms with Gasteiger partial charge < -0.3 is 10.2 Å². The summed E-state index contributed by atoms with van der Waals surface area (Å²) in [7, 11) is -4.04. The van der Waals surface area contributed by atoms with E-state index < -0.39 is 27.9 Å². The molecule has 0 radical (unpaired) electrons. The molecular weight excluding hydrogens is 501 g/mol. The maximum atomic E-state index is 13.2. The van der Waals surface area contributed by atoms with Crippen LogP contribution in [0.15, 0.2) is 47.4 Å². The second-order valence-electron chi connectivity index (χ2n) is 8.24. The van der Waals surface area contributed by atoms with Gasteiger partial charge in [-0.1, -0.05) is 41.4 Å². The van der Waals surface area contributed by atoms with Gasteiger partial charge in [-0.3, -0.25) is 14.4 Å². The van der Waals surface area contributed by atoms with E-state index in [9.17, 15) is 22.8 Å². The molecule has 1 unspecified atom stereocenters. The van der Waals surface area contributed by atoms with Gasteiger partial charge >= 0.3 is 0 Å². The Morgan fingerprint density at radius 3 is 2.35 bits per heavy atom. The van der Waals surface area contributed by atoms with E-state index in [0.29, 0.717) is 19.9 Å². The first-order chi connectivity index (χ1) is 15.9. The Kier molecular flexibility index (Phi) is 7.90. The van der Waals surface area contributed by atoms with Crippen molar-refractivity contribution in [2.45, 2.75) is 50.7 Å². The van der Waals surface area contributed by atoms with Gasteiger partial charge in [0, 0.05) is 25.6 Å². The van der Waals surface area contributed by atoms with E-state index in [4.69, 9.17) is 23.2 Å². The number of amides is 3. The van der Waals surface area contributed by atoms with Gasteiger partial charge in [-0.05, 0) is 50.6 Å². The number of benzene rings is 2. The summed E-state index contributed by atoms with van der Waals surface area (Å²) in [5.74, 6) is -1.53. The van der Waals surface area contributed by atoms with Gasteiger partial charge in [0.05, 0.1) is 15.6 Å². The maximum Gasteiger partial charge on any atom is 0.269 e. The Hall–Kier alpha value is -2.62. The molecule has 182 valence electrons. The minimum Gasteiger partial charge on any atom is -0.352 e. The molecule has 1 heterocycles. The van der Waals surface area contributed by atoms with E-state index >= 15 is 0 Å². The summed E-state index contributed by atoms with van der Waals surface area (Å²) < 4.78 is 26.3. The van der Waals surface area contributed by atoms with Crippen LogP contribution in [0.5, 0.6) is 0 Å². The van der Waals surface area contributed by atoms with Gasteiger partial charge in [0.15, 0.2) is 0 Å². The highest BCUT2D eigenvalue weighted by Gasteiger charge is 2.41. The number of carbonyl (C=O) groups is 3. The number of rotatable bonds is 8. The topological polar surface area (TPSA) is 104 Å². The van der Waals surface area contributed by atoms with Gasteiger partial charge in [-0.2, -0.15) is 0 Å². The number of halogens is 2. The highest BCUT2D eigenvalue weighted by molar-refractivity contribution is 7.90. The summed E-state index contributed by atoms with van der Waals surface area (Å²) in [6.07, 6.45) is -0.292. The van der Waals surface area contributed by atoms with Crippen LogP contribution >= 0.6 is 23.2 Å². The van der Waals surface area contributed by atoms with Crippen molar-refractivity contribution in [2.24, 2.45) is 0 Å². The van der Waals surface area contributed by atoms with Crippen LogP contribution in [0.4, 0.5) is 0 Å². The van der Waals surface area contributed by atoms with Crippen LogP contribution in [-0.2, 0) is 26.2 Å². The highest BCUT2D eigenvalue weighted by Crippen LogP contribution is 2.30. The second-order valence-corrected chi connectivity index (χ2v) is 10.9. The quantitative estimate of drug-likeness (QED) is 0.568. The van der Waals surface area contributed by atoms with Crippen molar-refractivity contribution in [3.8, 4) is 0 Å². The highest BCUT2D eigenvalue weighted by atomic mass is 35.5. The molecule has 11 heteroatoms. The van der Waals surface area contributed by atoms with Crippen molar-refractivity contribution in [1.82, 2.24) is 14.5 Å². The number of carbonyl (C=O) groups excluding carboxylic acids is 3. The average Bonchev–Trinajstić information content (AvgIpc) is 2.97. The smallest absolute Gasteiger partial charge is 0.269 e. The predicted molar refractivity (Wildman–Crippen MR) is 129 cm³/mol. The molecule has 0 saturated carbocycles. The molecule has 0 aromatic heterocycles. The molecule has 2 aromatic carbocycles. The minimum atomic E-state index is -4.04. The zero-order valence-electron chi connectivity index (χ0n) is 18.9. The zero-order chi connectivity index (χ0) is 25.2. The normalized spacial score (nSPS) is 15.2. The largest absolute Gasteiger partial charge is 0.352 e. The van der Waals surface area contributed by atoms with Crippen LogP contribution in [-0.4, -0.2) is 54.0 Å². The van der Waals surface area contributed by atoms with E-state index in [2.05, 4.69) is 5.32 Å². The van der Waals surface area contributed by atoms with Gasteiger partial charge in [0.2, 0.25) is 11.8 Å². The molecule has 3 rings (SSSR count). The molecule has 0 spiro atoms. The first kappa shape index (κ1) is 26.0. The molecular formula is C23H25Cl2N3O5S. The average molecular weight is 526 g/mol. The van der Waals surface area contributed by atoms with Crippen molar-refractivity contribution in [3.05, 3.63) is 63.6 Å². The first-order valence-corrected chi connectivity index (χ1v) is 12.8. The summed E-state index contributed by atoms with van der Waals surface area (Å²) in [6, 6.07) is 9.80. The number of hydrogen-bond acceptors (Lipinski definition) is 5. The lowest BCUT2D eigenvalue weighted by Crippen LogP contribution is -2.49. The molecule has 0 bridgehead atoms. The molecule has 0 saturated heterocycles. The molecule has 1 atom stereocenters. The fraction of sp³-hybridized carbons (Fsp3) is 0.348. The molecule has 34 heavy (non-hydrogen) atoms. The SMILES string of the molecule is CC(C)NC(=O)C(C)N(Cc1ccc(Cl)c(Cl)c1)C(=O)CCN1C(=O)c2ccccc2S1(=O)=O. The lowest BCUT2D eigenvalue weighted by Gasteiger charge is -2.30. The third kappa shape index (κ3) is 5.37. The Morgan fingerprint density at radius 2 is 1.74 bits per heavy atom. The van der Waals surface area contributed by atoms with Crippen LogP contribution in [0.2, 0.25) is 10.0 Å². The number of sulfonamides is 1. The third-order valence-electron chi connectivity index (χ3n) is 5.38. The summed E-state index contributed by atoms with van der Waals surface area (Å²) in [5.41, 5.74) is 0.719. The first-order valence-electron chi connectivity index (χ1n) is 10.6. The van der Waals surface area contributed by atoms with E-state index in [1.807, 2.05) is 0 Å². The zero-order valence-corrected chi connectivity index (χ0v) is 21.2.